The van der Waals surface area contributed by atoms with E-state index in [-0.39, 0.29) is 18.0 Å². The Morgan fingerprint density at radius 3 is 2.64 bits per heavy atom. The standard InChI is InChI=1S/C17H23N3O2/c1-2-12-18-16(21)14-10-6-7-11-15(14)20-17(22)19-13-8-4-3-5-9-13/h2,6-7,10-11,13H,1,3-5,8-9,12H2,(H,18,21)(H2,19,20,22). The first kappa shape index (κ1) is 16.1. The average molecular weight is 301 g/mol. The van der Waals surface area contributed by atoms with Gasteiger partial charge in [0.2, 0.25) is 0 Å². The zero-order valence-corrected chi connectivity index (χ0v) is 12.7. The van der Waals surface area contributed by atoms with Crippen LogP contribution in [0.25, 0.3) is 0 Å². The number of nitrogens with one attached hydrogen (secondary N) is 3. The minimum atomic E-state index is -0.254. The van der Waals surface area contributed by atoms with Crippen LogP contribution in [-0.2, 0) is 0 Å². The molecule has 5 nitrogen and oxygen atoms in total. The monoisotopic (exact) mass is 301 g/mol. The van der Waals surface area contributed by atoms with Crippen LogP contribution in [0, 0.1) is 0 Å². The van der Waals surface area contributed by atoms with E-state index < -0.39 is 0 Å². The molecular formula is C17H23N3O2. The zero-order chi connectivity index (χ0) is 15.8. The number of anilines is 1. The molecule has 0 unspecified atom stereocenters. The molecule has 3 N–H and O–H groups in total. The molecular weight excluding hydrogens is 278 g/mol. The molecule has 1 aliphatic rings. The van der Waals surface area contributed by atoms with Gasteiger partial charge in [0.1, 0.15) is 0 Å². The fourth-order valence-corrected chi connectivity index (χ4v) is 2.64. The van der Waals surface area contributed by atoms with Crippen LogP contribution in [0.1, 0.15) is 42.5 Å². The third-order valence-electron chi connectivity index (χ3n) is 3.77. The highest BCUT2D eigenvalue weighted by Gasteiger charge is 2.17. The summed E-state index contributed by atoms with van der Waals surface area (Å²) in [7, 11) is 0. The molecule has 0 saturated heterocycles. The van der Waals surface area contributed by atoms with Gasteiger partial charge in [0.15, 0.2) is 0 Å². The molecule has 0 bridgehead atoms. The quantitative estimate of drug-likeness (QED) is 0.732. The molecule has 22 heavy (non-hydrogen) atoms. The molecule has 1 saturated carbocycles. The highest BCUT2D eigenvalue weighted by atomic mass is 16.2. The van der Waals surface area contributed by atoms with Gasteiger partial charge in [0.05, 0.1) is 11.3 Å². The second kappa shape index (κ2) is 8.22. The molecule has 0 aromatic heterocycles. The van der Waals surface area contributed by atoms with Crippen molar-refractivity contribution < 1.29 is 9.59 Å². The molecule has 2 rings (SSSR count). The van der Waals surface area contributed by atoms with Gasteiger partial charge in [-0.15, -0.1) is 6.58 Å². The molecule has 0 aliphatic heterocycles. The minimum absolute atomic E-state index is 0.228. The second-order valence-electron chi connectivity index (χ2n) is 5.48. The van der Waals surface area contributed by atoms with E-state index in [1.165, 1.54) is 6.42 Å². The predicted octanol–water partition coefficient (Wildman–Crippen LogP) is 3.06. The number of urea groups is 1. The Labute approximate surface area is 131 Å². The molecule has 1 aliphatic carbocycles. The van der Waals surface area contributed by atoms with Crippen LogP contribution in [0.4, 0.5) is 10.5 Å². The molecule has 0 heterocycles. The number of para-hydroxylation sites is 1. The fourth-order valence-electron chi connectivity index (χ4n) is 2.64. The molecule has 118 valence electrons. The van der Waals surface area contributed by atoms with Crippen molar-refractivity contribution >= 4 is 17.6 Å². The Kier molecular flexibility index (Phi) is 6.01. The molecule has 1 aromatic rings. The van der Waals surface area contributed by atoms with Gasteiger partial charge in [0.25, 0.3) is 5.91 Å². The summed E-state index contributed by atoms with van der Waals surface area (Å²) in [5, 5.41) is 8.47. The van der Waals surface area contributed by atoms with E-state index in [0.717, 1.165) is 25.7 Å². The first-order valence-corrected chi connectivity index (χ1v) is 7.76. The summed E-state index contributed by atoms with van der Waals surface area (Å²) in [5.74, 6) is -0.228. The van der Waals surface area contributed by atoms with Gasteiger partial charge in [-0.05, 0) is 25.0 Å². The summed E-state index contributed by atoms with van der Waals surface area (Å²) in [6.07, 6.45) is 7.22. The highest BCUT2D eigenvalue weighted by Crippen LogP contribution is 2.18. The van der Waals surface area contributed by atoms with Gasteiger partial charge < -0.3 is 16.0 Å². The maximum atomic E-state index is 12.1. The maximum Gasteiger partial charge on any atom is 0.319 e. The van der Waals surface area contributed by atoms with E-state index in [0.29, 0.717) is 17.8 Å². The number of rotatable bonds is 5. The van der Waals surface area contributed by atoms with Gasteiger partial charge in [-0.1, -0.05) is 37.5 Å². The summed E-state index contributed by atoms with van der Waals surface area (Å²) in [4.78, 5) is 24.2. The number of amides is 3. The molecule has 5 heteroatoms. The van der Waals surface area contributed by atoms with E-state index in [4.69, 9.17) is 0 Å². The van der Waals surface area contributed by atoms with E-state index in [1.54, 1.807) is 30.3 Å². The lowest BCUT2D eigenvalue weighted by molar-refractivity contribution is 0.0959. The Morgan fingerprint density at radius 2 is 1.91 bits per heavy atom. The van der Waals surface area contributed by atoms with Crippen molar-refractivity contribution in [2.24, 2.45) is 0 Å². The van der Waals surface area contributed by atoms with Crippen LogP contribution in [0.3, 0.4) is 0 Å². The van der Waals surface area contributed by atoms with E-state index >= 15 is 0 Å². The molecule has 1 fully saturated rings. The summed E-state index contributed by atoms with van der Waals surface area (Å²) >= 11 is 0. The van der Waals surface area contributed by atoms with Crippen molar-refractivity contribution in [3.05, 3.63) is 42.5 Å². The second-order valence-corrected chi connectivity index (χ2v) is 5.48. The van der Waals surface area contributed by atoms with Crippen LogP contribution < -0.4 is 16.0 Å². The Hall–Kier alpha value is -2.30. The van der Waals surface area contributed by atoms with Gasteiger partial charge in [-0.25, -0.2) is 4.79 Å². The van der Waals surface area contributed by atoms with E-state index in [2.05, 4.69) is 22.5 Å². The fraction of sp³-hybridized carbons (Fsp3) is 0.412. The van der Waals surface area contributed by atoms with Crippen LogP contribution in [0.2, 0.25) is 0 Å². The number of carbonyl (C=O) groups excluding carboxylic acids is 2. The topological polar surface area (TPSA) is 70.2 Å². The lowest BCUT2D eigenvalue weighted by Crippen LogP contribution is -2.39. The minimum Gasteiger partial charge on any atom is -0.349 e. The van der Waals surface area contributed by atoms with E-state index in [9.17, 15) is 9.59 Å². The maximum absolute atomic E-state index is 12.1. The number of carbonyl (C=O) groups is 2. The number of hydrogen-bond donors (Lipinski definition) is 3. The van der Waals surface area contributed by atoms with Crippen molar-refractivity contribution in [2.45, 2.75) is 38.1 Å². The molecule has 3 amide bonds. The Morgan fingerprint density at radius 1 is 1.18 bits per heavy atom. The average Bonchev–Trinajstić information content (AvgIpc) is 2.54. The summed E-state index contributed by atoms with van der Waals surface area (Å²) in [6.45, 7) is 3.96. The Balaban J connectivity index is 1.97. The van der Waals surface area contributed by atoms with Crippen molar-refractivity contribution in [1.82, 2.24) is 10.6 Å². The lowest BCUT2D eigenvalue weighted by atomic mass is 9.96. The largest absolute Gasteiger partial charge is 0.349 e. The molecule has 1 aromatic carbocycles. The third-order valence-corrected chi connectivity index (χ3v) is 3.77. The first-order chi connectivity index (χ1) is 10.7. The van der Waals surface area contributed by atoms with Gasteiger partial charge in [-0.3, -0.25) is 4.79 Å². The van der Waals surface area contributed by atoms with Gasteiger partial charge in [-0.2, -0.15) is 0 Å². The smallest absolute Gasteiger partial charge is 0.319 e. The van der Waals surface area contributed by atoms with Gasteiger partial charge in [0, 0.05) is 12.6 Å². The zero-order valence-electron chi connectivity index (χ0n) is 12.7. The molecule has 0 atom stereocenters. The third kappa shape index (κ3) is 4.62. The van der Waals surface area contributed by atoms with Crippen molar-refractivity contribution in [1.29, 1.82) is 0 Å². The molecule has 0 spiro atoms. The summed E-state index contributed by atoms with van der Waals surface area (Å²) in [6, 6.07) is 6.96. The van der Waals surface area contributed by atoms with Crippen LogP contribution in [0.15, 0.2) is 36.9 Å². The number of hydrogen-bond acceptors (Lipinski definition) is 2. The normalized spacial score (nSPS) is 14.9. The number of benzene rings is 1. The van der Waals surface area contributed by atoms with Gasteiger partial charge >= 0.3 is 6.03 Å². The first-order valence-electron chi connectivity index (χ1n) is 7.76. The van der Waals surface area contributed by atoms with Crippen LogP contribution >= 0.6 is 0 Å². The molecule has 0 radical (unpaired) electrons. The predicted molar refractivity (Wildman–Crippen MR) is 88.0 cm³/mol. The highest BCUT2D eigenvalue weighted by molar-refractivity contribution is 6.03. The van der Waals surface area contributed by atoms with Crippen LogP contribution in [-0.4, -0.2) is 24.5 Å². The van der Waals surface area contributed by atoms with Crippen molar-refractivity contribution in [3.8, 4) is 0 Å². The lowest BCUT2D eigenvalue weighted by Gasteiger charge is -2.23. The SMILES string of the molecule is C=CCNC(=O)c1ccccc1NC(=O)NC1CCCCC1. The summed E-state index contributed by atoms with van der Waals surface area (Å²) < 4.78 is 0. The Bertz CT molecular complexity index is 536. The van der Waals surface area contributed by atoms with Crippen molar-refractivity contribution in [2.75, 3.05) is 11.9 Å². The van der Waals surface area contributed by atoms with E-state index in [1.807, 2.05) is 0 Å². The van der Waals surface area contributed by atoms with Crippen LogP contribution in [0.5, 0.6) is 0 Å². The van der Waals surface area contributed by atoms with Crippen molar-refractivity contribution in [3.63, 3.8) is 0 Å². The summed E-state index contributed by atoms with van der Waals surface area (Å²) in [5.41, 5.74) is 0.959.